The molecule has 5 saturated carbocycles. The molecule has 0 aromatic carbocycles. The lowest BCUT2D eigenvalue weighted by atomic mass is 9.49. The van der Waals surface area contributed by atoms with Gasteiger partial charge in [0.05, 0.1) is 0 Å². The fourth-order valence-corrected chi connectivity index (χ4v) is 8.49. The first-order valence-electron chi connectivity index (χ1n) is 11.1. The first-order chi connectivity index (χ1) is 11.1. The van der Waals surface area contributed by atoms with Crippen molar-refractivity contribution in [2.45, 2.75) is 97.3 Å². The van der Waals surface area contributed by atoms with Crippen molar-refractivity contribution in [3.63, 3.8) is 0 Å². The molecule has 5 rings (SSSR count). The zero-order valence-electron chi connectivity index (χ0n) is 15.7. The average molecular weight is 315 g/mol. The minimum absolute atomic E-state index is 0.719. The second-order valence-corrected chi connectivity index (χ2v) is 11.0. The summed E-state index contributed by atoms with van der Waals surface area (Å²) in [5, 5.41) is 0. The molecule has 0 radical (unpaired) electrons. The standard InChI is InChI=1S/C23H38/c1-22-12-4-7-20(22)19-6-3-5-18-15-17(16-8-9-16)10-14-23(18,2)21(19)11-13-22/h16-21H,3-15H2,1-2H3/t17?,18-,19?,20?,21?,22-,23?/m0/s1. The van der Waals surface area contributed by atoms with Gasteiger partial charge in [-0.25, -0.2) is 0 Å². The van der Waals surface area contributed by atoms with Gasteiger partial charge in [0.25, 0.3) is 0 Å². The summed E-state index contributed by atoms with van der Waals surface area (Å²) in [7, 11) is 0. The van der Waals surface area contributed by atoms with Crippen molar-refractivity contribution in [1.82, 2.24) is 0 Å². The monoisotopic (exact) mass is 314 g/mol. The van der Waals surface area contributed by atoms with E-state index in [1.54, 1.807) is 77.0 Å². The Kier molecular flexibility index (Phi) is 3.48. The highest BCUT2D eigenvalue weighted by Gasteiger charge is 2.57. The summed E-state index contributed by atoms with van der Waals surface area (Å²) >= 11 is 0. The van der Waals surface area contributed by atoms with Crippen LogP contribution in [-0.4, -0.2) is 0 Å². The van der Waals surface area contributed by atoms with E-state index in [0.29, 0.717) is 0 Å². The Labute approximate surface area is 144 Å². The highest BCUT2D eigenvalue weighted by molar-refractivity contribution is 5.06. The van der Waals surface area contributed by atoms with Gasteiger partial charge in [-0.3, -0.25) is 0 Å². The van der Waals surface area contributed by atoms with Crippen LogP contribution in [0.4, 0.5) is 0 Å². The van der Waals surface area contributed by atoms with Crippen LogP contribution in [0.25, 0.3) is 0 Å². The van der Waals surface area contributed by atoms with Crippen LogP contribution in [0, 0.1) is 46.3 Å². The molecule has 130 valence electrons. The van der Waals surface area contributed by atoms with Crippen LogP contribution in [0.1, 0.15) is 97.3 Å². The van der Waals surface area contributed by atoms with Crippen molar-refractivity contribution in [3.8, 4) is 0 Å². The quantitative estimate of drug-likeness (QED) is 0.497. The van der Waals surface area contributed by atoms with E-state index in [0.717, 1.165) is 46.3 Å². The number of hydrogen-bond acceptors (Lipinski definition) is 0. The molecule has 0 saturated heterocycles. The predicted molar refractivity (Wildman–Crippen MR) is 97.2 cm³/mol. The summed E-state index contributed by atoms with van der Waals surface area (Å²) in [5.74, 6) is 6.66. The van der Waals surface area contributed by atoms with E-state index >= 15 is 0 Å². The zero-order chi connectivity index (χ0) is 15.7. The maximum absolute atomic E-state index is 2.77. The molecule has 0 aliphatic heterocycles. The van der Waals surface area contributed by atoms with Gasteiger partial charge >= 0.3 is 0 Å². The fourth-order valence-electron chi connectivity index (χ4n) is 8.49. The molecule has 23 heavy (non-hydrogen) atoms. The molecule has 0 aromatic rings. The molecule has 5 fully saturated rings. The molecule has 0 amide bonds. The third-order valence-electron chi connectivity index (χ3n) is 10.0. The minimum Gasteiger partial charge on any atom is -0.0594 e. The van der Waals surface area contributed by atoms with Crippen LogP contribution in [0.5, 0.6) is 0 Å². The van der Waals surface area contributed by atoms with Crippen molar-refractivity contribution in [2.24, 2.45) is 46.3 Å². The van der Waals surface area contributed by atoms with Crippen molar-refractivity contribution in [2.75, 3.05) is 0 Å². The lowest BCUT2D eigenvalue weighted by Crippen LogP contribution is -2.48. The van der Waals surface area contributed by atoms with Crippen molar-refractivity contribution in [1.29, 1.82) is 0 Å². The molecule has 0 heterocycles. The second kappa shape index (κ2) is 5.25. The topological polar surface area (TPSA) is 0 Å². The van der Waals surface area contributed by atoms with Crippen LogP contribution in [0.15, 0.2) is 0 Å². The molecule has 5 unspecified atom stereocenters. The third kappa shape index (κ3) is 2.29. The molecule has 0 bridgehead atoms. The van der Waals surface area contributed by atoms with Gasteiger partial charge in [-0.2, -0.15) is 0 Å². The molecule has 0 heteroatoms. The summed E-state index contributed by atoms with van der Waals surface area (Å²) in [6.45, 7) is 5.43. The van der Waals surface area contributed by atoms with E-state index in [1.807, 2.05) is 0 Å². The van der Waals surface area contributed by atoms with Gasteiger partial charge in [0, 0.05) is 0 Å². The van der Waals surface area contributed by atoms with Gasteiger partial charge in [-0.15, -0.1) is 0 Å². The van der Waals surface area contributed by atoms with Gasteiger partial charge in [0.1, 0.15) is 0 Å². The second-order valence-electron chi connectivity index (χ2n) is 11.0. The Morgan fingerprint density at radius 1 is 0.652 bits per heavy atom. The zero-order valence-corrected chi connectivity index (χ0v) is 15.7. The van der Waals surface area contributed by atoms with Crippen LogP contribution < -0.4 is 0 Å². The smallest absolute Gasteiger partial charge is 0.0266 e. The van der Waals surface area contributed by atoms with Gasteiger partial charge in [-0.05, 0) is 117 Å². The average Bonchev–Trinajstić information content (AvgIpc) is 3.31. The lowest BCUT2D eigenvalue weighted by molar-refractivity contribution is -0.0651. The minimum atomic E-state index is 0.719. The van der Waals surface area contributed by atoms with Crippen LogP contribution >= 0.6 is 0 Å². The summed E-state index contributed by atoms with van der Waals surface area (Å²) in [5.41, 5.74) is 1.46. The maximum Gasteiger partial charge on any atom is -0.0266 e. The van der Waals surface area contributed by atoms with Crippen LogP contribution in [0.3, 0.4) is 0 Å². The normalized spacial score (nSPS) is 56.3. The van der Waals surface area contributed by atoms with E-state index in [9.17, 15) is 0 Å². The number of rotatable bonds is 1. The third-order valence-corrected chi connectivity index (χ3v) is 10.0. The molecule has 0 aromatic heterocycles. The highest BCUT2D eigenvalue weighted by atomic mass is 14.6. The molecule has 5 aliphatic rings. The van der Waals surface area contributed by atoms with Gasteiger partial charge in [0.15, 0.2) is 0 Å². The van der Waals surface area contributed by atoms with Gasteiger partial charge < -0.3 is 0 Å². The van der Waals surface area contributed by atoms with Crippen molar-refractivity contribution < 1.29 is 0 Å². The van der Waals surface area contributed by atoms with Crippen molar-refractivity contribution >= 4 is 0 Å². The Balaban J connectivity index is 1.42. The first-order valence-corrected chi connectivity index (χ1v) is 11.1. The van der Waals surface area contributed by atoms with Gasteiger partial charge in [0.2, 0.25) is 0 Å². The molecule has 0 nitrogen and oxygen atoms in total. The van der Waals surface area contributed by atoms with Crippen LogP contribution in [0.2, 0.25) is 0 Å². The Morgan fingerprint density at radius 3 is 2.35 bits per heavy atom. The molecule has 0 N–H and O–H groups in total. The number of fused-ring (bicyclic) bond motifs is 5. The highest BCUT2D eigenvalue weighted by Crippen LogP contribution is 2.66. The summed E-state index contributed by atoms with van der Waals surface area (Å²) in [4.78, 5) is 0. The van der Waals surface area contributed by atoms with E-state index < -0.39 is 0 Å². The number of hydrogen-bond donors (Lipinski definition) is 0. The lowest BCUT2D eigenvalue weighted by Gasteiger charge is -2.56. The first kappa shape index (κ1) is 15.3. The fraction of sp³-hybridized carbons (Fsp3) is 1.00. The van der Waals surface area contributed by atoms with Crippen molar-refractivity contribution in [3.05, 3.63) is 0 Å². The Bertz CT molecular complexity index is 463. The molecule has 0 spiro atoms. The SMILES string of the molecule is CC12CCC(C3CC3)C[C@@H]1CCCC1C2CC[C@]2(C)CCCC12. The van der Waals surface area contributed by atoms with Crippen LogP contribution in [-0.2, 0) is 0 Å². The molecular weight excluding hydrogens is 276 g/mol. The largest absolute Gasteiger partial charge is 0.0594 e. The van der Waals surface area contributed by atoms with E-state index in [-0.39, 0.29) is 0 Å². The maximum atomic E-state index is 2.77. The summed E-state index contributed by atoms with van der Waals surface area (Å²) in [6.07, 6.45) is 20.5. The molecule has 7 atom stereocenters. The van der Waals surface area contributed by atoms with E-state index in [2.05, 4.69) is 13.8 Å². The summed E-state index contributed by atoms with van der Waals surface area (Å²) in [6, 6.07) is 0. The van der Waals surface area contributed by atoms with Gasteiger partial charge in [-0.1, -0.05) is 26.7 Å². The molecule has 5 aliphatic carbocycles. The Hall–Kier alpha value is 0. The van der Waals surface area contributed by atoms with E-state index in [1.165, 1.54) is 6.42 Å². The molecular formula is C23H38. The van der Waals surface area contributed by atoms with E-state index in [4.69, 9.17) is 0 Å². The predicted octanol–water partition coefficient (Wildman–Crippen LogP) is 6.84. The Morgan fingerprint density at radius 2 is 1.52 bits per heavy atom. The summed E-state index contributed by atoms with van der Waals surface area (Å²) < 4.78 is 0.